The molecule has 0 saturated carbocycles. The molecule has 2 aromatic carbocycles. The van der Waals surface area contributed by atoms with Crippen LogP contribution in [0, 0.1) is 0 Å². The number of alkyl halides is 3. The Labute approximate surface area is 174 Å². The Morgan fingerprint density at radius 3 is 2.07 bits per heavy atom. The first-order valence-electron chi connectivity index (χ1n) is 9.97. The number of anilines is 4. The van der Waals surface area contributed by atoms with Gasteiger partial charge < -0.3 is 10.6 Å². The summed E-state index contributed by atoms with van der Waals surface area (Å²) in [5.74, 6) is 0.186. The minimum absolute atomic E-state index is 0.0889. The fourth-order valence-corrected chi connectivity index (χ4v) is 2.97. The maximum atomic E-state index is 13.5. The lowest BCUT2D eigenvalue weighted by Crippen LogP contribution is -2.12. The van der Waals surface area contributed by atoms with E-state index in [-0.39, 0.29) is 11.8 Å². The van der Waals surface area contributed by atoms with Gasteiger partial charge in [0, 0.05) is 17.6 Å². The molecule has 3 aromatic rings. The Morgan fingerprint density at radius 2 is 1.50 bits per heavy atom. The highest BCUT2D eigenvalue weighted by Gasteiger charge is 2.35. The van der Waals surface area contributed by atoms with E-state index in [1.165, 1.54) is 0 Å². The van der Waals surface area contributed by atoms with Crippen molar-refractivity contribution >= 4 is 23.1 Å². The van der Waals surface area contributed by atoms with Crippen LogP contribution in [-0.2, 0) is 12.6 Å². The summed E-state index contributed by atoms with van der Waals surface area (Å²) in [6.45, 7) is 6.26. The summed E-state index contributed by atoms with van der Waals surface area (Å²) in [5, 5.41) is 5.76. The monoisotopic (exact) mass is 414 g/mol. The number of nitrogens with one attached hydrogen (secondary N) is 2. The smallest absolute Gasteiger partial charge is 0.340 e. The number of aryl methyl sites for hydroxylation is 1. The molecule has 0 bridgehead atoms. The molecule has 3 rings (SSSR count). The van der Waals surface area contributed by atoms with Crippen molar-refractivity contribution in [1.29, 1.82) is 0 Å². The van der Waals surface area contributed by atoms with E-state index in [4.69, 9.17) is 0 Å². The van der Waals surface area contributed by atoms with Crippen molar-refractivity contribution < 1.29 is 13.2 Å². The summed E-state index contributed by atoms with van der Waals surface area (Å²) in [4.78, 5) is 7.94. The van der Waals surface area contributed by atoms with Crippen molar-refractivity contribution in [3.8, 4) is 0 Å². The molecular weight excluding hydrogens is 389 g/mol. The standard InChI is InChI=1S/C23H25F3N4/c1-4-15(3)17-8-12-18(13-9-17)28-21-20(23(24,25)26)14-27-22(30-21)29-19-10-6-16(5-2)7-11-19/h6-15H,4-5H2,1-3H3,(H2,27,28,29,30). The number of aromatic nitrogens is 2. The van der Waals surface area contributed by atoms with Crippen LogP contribution in [0.3, 0.4) is 0 Å². The lowest BCUT2D eigenvalue weighted by atomic mass is 9.99. The van der Waals surface area contributed by atoms with Gasteiger partial charge in [0.05, 0.1) is 0 Å². The molecule has 1 aromatic heterocycles. The van der Waals surface area contributed by atoms with Gasteiger partial charge in [0.25, 0.3) is 0 Å². The van der Waals surface area contributed by atoms with Gasteiger partial charge in [-0.05, 0) is 54.2 Å². The third kappa shape index (κ3) is 5.28. The fourth-order valence-electron chi connectivity index (χ4n) is 2.97. The predicted molar refractivity (Wildman–Crippen MR) is 115 cm³/mol. The summed E-state index contributed by atoms with van der Waals surface area (Å²) < 4.78 is 40.4. The average Bonchev–Trinajstić information content (AvgIpc) is 2.73. The van der Waals surface area contributed by atoms with E-state index in [1.807, 2.05) is 36.4 Å². The van der Waals surface area contributed by atoms with Crippen LogP contribution in [0.1, 0.15) is 49.8 Å². The Bertz CT molecular complexity index is 967. The highest BCUT2D eigenvalue weighted by molar-refractivity contribution is 5.63. The first-order chi connectivity index (χ1) is 14.3. The van der Waals surface area contributed by atoms with Crippen molar-refractivity contribution in [3.05, 3.63) is 71.4 Å². The number of hydrogen-bond donors (Lipinski definition) is 2. The van der Waals surface area contributed by atoms with E-state index >= 15 is 0 Å². The number of benzene rings is 2. The van der Waals surface area contributed by atoms with Gasteiger partial charge in [0.15, 0.2) is 0 Å². The summed E-state index contributed by atoms with van der Waals surface area (Å²) in [6.07, 6.45) is -1.88. The van der Waals surface area contributed by atoms with Crippen molar-refractivity contribution in [2.75, 3.05) is 10.6 Å². The van der Waals surface area contributed by atoms with Crippen LogP contribution in [0.25, 0.3) is 0 Å². The van der Waals surface area contributed by atoms with E-state index in [1.54, 1.807) is 12.1 Å². The minimum Gasteiger partial charge on any atom is -0.340 e. The number of hydrogen-bond acceptors (Lipinski definition) is 4. The molecule has 0 aliphatic heterocycles. The average molecular weight is 414 g/mol. The Hall–Kier alpha value is -3.09. The molecule has 30 heavy (non-hydrogen) atoms. The van der Waals surface area contributed by atoms with Crippen LogP contribution in [0.2, 0.25) is 0 Å². The lowest BCUT2D eigenvalue weighted by Gasteiger charge is -2.16. The Morgan fingerprint density at radius 1 is 0.900 bits per heavy atom. The van der Waals surface area contributed by atoms with Crippen LogP contribution in [0.4, 0.5) is 36.3 Å². The maximum Gasteiger partial charge on any atom is 0.421 e. The molecule has 4 nitrogen and oxygen atoms in total. The Kier molecular flexibility index (Phi) is 6.59. The van der Waals surface area contributed by atoms with Gasteiger partial charge in [-0.3, -0.25) is 0 Å². The van der Waals surface area contributed by atoms with Gasteiger partial charge in [-0.2, -0.15) is 18.2 Å². The second kappa shape index (κ2) is 9.15. The molecular formula is C23H25F3N4. The highest BCUT2D eigenvalue weighted by Crippen LogP contribution is 2.35. The van der Waals surface area contributed by atoms with Crippen molar-refractivity contribution in [2.24, 2.45) is 0 Å². The van der Waals surface area contributed by atoms with Gasteiger partial charge in [0.1, 0.15) is 11.4 Å². The normalized spacial score (nSPS) is 12.5. The molecule has 0 aliphatic rings. The van der Waals surface area contributed by atoms with Gasteiger partial charge >= 0.3 is 6.18 Å². The van der Waals surface area contributed by atoms with E-state index < -0.39 is 11.7 Å². The molecule has 0 saturated heterocycles. The topological polar surface area (TPSA) is 49.8 Å². The zero-order valence-corrected chi connectivity index (χ0v) is 17.2. The van der Waals surface area contributed by atoms with Gasteiger partial charge in [-0.25, -0.2) is 4.98 Å². The first kappa shape index (κ1) is 21.6. The molecule has 1 atom stereocenters. The number of nitrogens with zero attached hydrogens (tertiary/aromatic N) is 2. The fraction of sp³-hybridized carbons (Fsp3) is 0.304. The minimum atomic E-state index is -4.57. The summed E-state index contributed by atoms with van der Waals surface area (Å²) in [5.41, 5.74) is 2.62. The second-order valence-electron chi connectivity index (χ2n) is 7.19. The van der Waals surface area contributed by atoms with Gasteiger partial charge in [-0.15, -0.1) is 0 Å². The number of halogens is 3. The molecule has 0 radical (unpaired) electrons. The van der Waals surface area contributed by atoms with Gasteiger partial charge in [-0.1, -0.05) is 45.0 Å². The molecule has 0 amide bonds. The summed E-state index contributed by atoms with van der Waals surface area (Å²) in [7, 11) is 0. The largest absolute Gasteiger partial charge is 0.421 e. The molecule has 0 fully saturated rings. The lowest BCUT2D eigenvalue weighted by molar-refractivity contribution is -0.137. The molecule has 0 spiro atoms. The van der Waals surface area contributed by atoms with Gasteiger partial charge in [0.2, 0.25) is 5.95 Å². The molecule has 7 heteroatoms. The predicted octanol–water partition coefficient (Wildman–Crippen LogP) is 7.06. The highest BCUT2D eigenvalue weighted by atomic mass is 19.4. The van der Waals surface area contributed by atoms with Crippen LogP contribution < -0.4 is 10.6 Å². The van der Waals surface area contributed by atoms with Crippen molar-refractivity contribution in [2.45, 2.75) is 45.7 Å². The van der Waals surface area contributed by atoms with E-state index in [0.717, 1.165) is 30.2 Å². The Balaban J connectivity index is 1.87. The molecule has 0 aliphatic carbocycles. The zero-order chi connectivity index (χ0) is 21.7. The van der Waals surface area contributed by atoms with Crippen molar-refractivity contribution in [1.82, 2.24) is 9.97 Å². The molecule has 1 heterocycles. The quantitative estimate of drug-likeness (QED) is 0.435. The SMILES string of the molecule is CCc1ccc(Nc2ncc(C(F)(F)F)c(Nc3ccc(C(C)CC)cc3)n2)cc1. The summed E-state index contributed by atoms with van der Waals surface area (Å²) in [6, 6.07) is 15.0. The summed E-state index contributed by atoms with van der Waals surface area (Å²) >= 11 is 0. The molecule has 158 valence electrons. The number of rotatable bonds is 7. The molecule has 1 unspecified atom stereocenters. The first-order valence-corrected chi connectivity index (χ1v) is 9.97. The maximum absolute atomic E-state index is 13.5. The third-order valence-electron chi connectivity index (χ3n) is 5.07. The zero-order valence-electron chi connectivity index (χ0n) is 17.2. The van der Waals surface area contributed by atoms with Crippen LogP contribution >= 0.6 is 0 Å². The third-order valence-corrected chi connectivity index (χ3v) is 5.07. The van der Waals surface area contributed by atoms with E-state index in [9.17, 15) is 13.2 Å². The van der Waals surface area contributed by atoms with Crippen LogP contribution in [-0.4, -0.2) is 9.97 Å². The molecule has 2 N–H and O–H groups in total. The van der Waals surface area contributed by atoms with Crippen LogP contribution in [0.5, 0.6) is 0 Å². The van der Waals surface area contributed by atoms with E-state index in [0.29, 0.717) is 17.3 Å². The van der Waals surface area contributed by atoms with Crippen molar-refractivity contribution in [3.63, 3.8) is 0 Å². The van der Waals surface area contributed by atoms with E-state index in [2.05, 4.69) is 41.4 Å². The second-order valence-corrected chi connectivity index (χ2v) is 7.19. The van der Waals surface area contributed by atoms with Crippen LogP contribution in [0.15, 0.2) is 54.7 Å².